The van der Waals surface area contributed by atoms with Crippen molar-refractivity contribution in [2.45, 2.75) is 52.0 Å². The number of nitrogens with one attached hydrogen (secondary N) is 2. The van der Waals surface area contributed by atoms with Gasteiger partial charge in [-0.3, -0.25) is 9.89 Å². The molecular weight excluding hydrogens is 216 g/mol. The molecule has 1 heterocycles. The molecule has 96 valence electrons. The zero-order valence-electron chi connectivity index (χ0n) is 10.8. The fourth-order valence-electron chi connectivity index (χ4n) is 1.46. The minimum absolute atomic E-state index is 0.0435. The highest BCUT2D eigenvalue weighted by Crippen LogP contribution is 2.10. The normalized spacial score (nSPS) is 11.5. The lowest BCUT2D eigenvalue weighted by atomic mass is 10.00. The monoisotopic (exact) mass is 238 g/mol. The number of aryl methyl sites for hydroxylation is 1. The maximum atomic E-state index is 11.6. The lowest BCUT2D eigenvalue weighted by Gasteiger charge is -2.17. The van der Waals surface area contributed by atoms with Crippen molar-refractivity contribution in [3.63, 3.8) is 0 Å². The van der Waals surface area contributed by atoms with Gasteiger partial charge in [0.1, 0.15) is 0 Å². The van der Waals surface area contributed by atoms with Gasteiger partial charge < -0.3 is 11.1 Å². The minimum Gasteiger partial charge on any atom is -0.326 e. The number of aromatic nitrogens is 2. The van der Waals surface area contributed by atoms with Crippen molar-refractivity contribution in [1.82, 2.24) is 10.2 Å². The second-order valence-electron chi connectivity index (χ2n) is 5.07. The molecule has 1 aromatic rings. The highest BCUT2D eigenvalue weighted by atomic mass is 16.1. The summed E-state index contributed by atoms with van der Waals surface area (Å²) in [4.78, 5) is 11.6. The number of hydrogen-bond donors (Lipinski definition) is 3. The topological polar surface area (TPSA) is 83.8 Å². The Bertz CT molecular complexity index is 365. The first-order valence-electron chi connectivity index (χ1n) is 6.04. The number of rotatable bonds is 6. The predicted octanol–water partition coefficient (Wildman–Crippen LogP) is 1.82. The first-order chi connectivity index (χ1) is 7.90. The maximum absolute atomic E-state index is 11.6. The maximum Gasteiger partial charge on any atom is 0.225 e. The fourth-order valence-corrected chi connectivity index (χ4v) is 1.46. The van der Waals surface area contributed by atoms with E-state index in [-0.39, 0.29) is 11.4 Å². The first kappa shape index (κ1) is 13.7. The number of carbonyl (C=O) groups is 1. The number of aromatic amines is 1. The van der Waals surface area contributed by atoms with E-state index in [1.807, 2.05) is 19.9 Å². The molecule has 5 heteroatoms. The Labute approximate surface area is 102 Å². The van der Waals surface area contributed by atoms with Gasteiger partial charge in [0.15, 0.2) is 5.82 Å². The second kappa shape index (κ2) is 5.82. The molecule has 1 aromatic heterocycles. The van der Waals surface area contributed by atoms with Gasteiger partial charge in [0.05, 0.1) is 0 Å². The van der Waals surface area contributed by atoms with Gasteiger partial charge in [0.25, 0.3) is 0 Å². The van der Waals surface area contributed by atoms with Gasteiger partial charge in [-0.15, -0.1) is 0 Å². The van der Waals surface area contributed by atoms with Crippen molar-refractivity contribution in [3.8, 4) is 0 Å². The van der Waals surface area contributed by atoms with Crippen molar-refractivity contribution in [3.05, 3.63) is 11.8 Å². The third-order valence-corrected chi connectivity index (χ3v) is 2.41. The van der Waals surface area contributed by atoms with E-state index < -0.39 is 0 Å². The Hall–Kier alpha value is -1.36. The molecule has 0 fully saturated rings. The molecular formula is C12H22N4O. The van der Waals surface area contributed by atoms with Crippen LogP contribution < -0.4 is 11.1 Å². The van der Waals surface area contributed by atoms with E-state index in [1.165, 1.54) is 0 Å². The van der Waals surface area contributed by atoms with E-state index in [9.17, 15) is 4.79 Å². The van der Waals surface area contributed by atoms with E-state index in [0.717, 1.165) is 18.5 Å². The summed E-state index contributed by atoms with van der Waals surface area (Å²) in [6.07, 6.45) is 3.07. The molecule has 0 saturated heterocycles. The van der Waals surface area contributed by atoms with E-state index in [0.29, 0.717) is 18.7 Å². The summed E-state index contributed by atoms with van der Waals surface area (Å²) in [6, 6.07) is 1.87. The van der Waals surface area contributed by atoms with Crippen LogP contribution in [0.2, 0.25) is 0 Å². The van der Waals surface area contributed by atoms with Crippen molar-refractivity contribution < 1.29 is 4.79 Å². The predicted molar refractivity (Wildman–Crippen MR) is 68.7 cm³/mol. The molecule has 0 radical (unpaired) electrons. The summed E-state index contributed by atoms with van der Waals surface area (Å²) >= 11 is 0. The Balaban J connectivity index is 2.39. The molecule has 4 N–H and O–H groups in total. The highest BCUT2D eigenvalue weighted by molar-refractivity contribution is 5.89. The largest absolute Gasteiger partial charge is 0.326 e. The van der Waals surface area contributed by atoms with Gasteiger partial charge in [-0.2, -0.15) is 5.10 Å². The molecule has 0 aliphatic rings. The van der Waals surface area contributed by atoms with Crippen molar-refractivity contribution in [1.29, 1.82) is 0 Å². The van der Waals surface area contributed by atoms with Gasteiger partial charge in [0.2, 0.25) is 5.91 Å². The van der Waals surface area contributed by atoms with Crippen molar-refractivity contribution in [2.24, 2.45) is 5.73 Å². The molecule has 5 nitrogen and oxygen atoms in total. The van der Waals surface area contributed by atoms with Crippen LogP contribution in [0.25, 0.3) is 0 Å². The number of anilines is 1. The molecule has 0 aliphatic carbocycles. The molecule has 0 aromatic carbocycles. The van der Waals surface area contributed by atoms with Crippen LogP contribution >= 0.6 is 0 Å². The molecule has 0 bridgehead atoms. The number of nitrogens with zero attached hydrogens (tertiary/aromatic N) is 1. The Kier molecular flexibility index (Phi) is 4.69. The lowest BCUT2D eigenvalue weighted by molar-refractivity contribution is -0.116. The lowest BCUT2D eigenvalue weighted by Crippen LogP contribution is -2.33. The van der Waals surface area contributed by atoms with Crippen LogP contribution in [0, 0.1) is 0 Å². The van der Waals surface area contributed by atoms with Crippen molar-refractivity contribution in [2.75, 3.05) is 5.32 Å². The summed E-state index contributed by atoms with van der Waals surface area (Å²) in [6.45, 7) is 5.92. The van der Waals surface area contributed by atoms with Crippen LogP contribution in [0.1, 0.15) is 45.7 Å². The second-order valence-corrected chi connectivity index (χ2v) is 5.07. The summed E-state index contributed by atoms with van der Waals surface area (Å²) in [5.74, 6) is 0.548. The number of H-pyrrole nitrogens is 1. The van der Waals surface area contributed by atoms with Crippen LogP contribution in [-0.4, -0.2) is 21.6 Å². The molecule has 1 amide bonds. The zero-order chi connectivity index (χ0) is 12.9. The Morgan fingerprint density at radius 1 is 1.59 bits per heavy atom. The average Bonchev–Trinajstić information content (AvgIpc) is 2.62. The SMILES string of the molecule is CCCc1cc(NC(=O)CCC(C)(C)N)n[nH]1. The standard InChI is InChI=1S/C12H22N4O/c1-4-5-9-8-10(16-15-9)14-11(17)6-7-12(2,3)13/h8H,4-7,13H2,1-3H3,(H2,14,15,16,17). The fraction of sp³-hybridized carbons (Fsp3) is 0.667. The number of hydrogen-bond acceptors (Lipinski definition) is 3. The molecule has 0 spiro atoms. The Morgan fingerprint density at radius 3 is 2.88 bits per heavy atom. The molecule has 0 aliphatic heterocycles. The van der Waals surface area contributed by atoms with Crippen LogP contribution in [0.15, 0.2) is 6.07 Å². The van der Waals surface area contributed by atoms with E-state index >= 15 is 0 Å². The van der Waals surface area contributed by atoms with Gasteiger partial charge in [-0.05, 0) is 26.7 Å². The van der Waals surface area contributed by atoms with Gasteiger partial charge >= 0.3 is 0 Å². The average molecular weight is 238 g/mol. The molecule has 1 rings (SSSR count). The first-order valence-corrected chi connectivity index (χ1v) is 6.04. The summed E-state index contributed by atoms with van der Waals surface area (Å²) < 4.78 is 0. The summed E-state index contributed by atoms with van der Waals surface area (Å²) in [5.41, 5.74) is 6.55. The van der Waals surface area contributed by atoms with E-state index in [1.54, 1.807) is 0 Å². The minimum atomic E-state index is -0.309. The summed E-state index contributed by atoms with van der Waals surface area (Å²) in [7, 11) is 0. The molecule has 0 unspecified atom stereocenters. The number of nitrogens with two attached hydrogens (primary N) is 1. The van der Waals surface area contributed by atoms with Crippen LogP contribution in [0.5, 0.6) is 0 Å². The van der Waals surface area contributed by atoms with E-state index in [4.69, 9.17) is 5.73 Å². The Morgan fingerprint density at radius 2 is 2.29 bits per heavy atom. The van der Waals surface area contributed by atoms with E-state index in [2.05, 4.69) is 22.4 Å². The quantitative estimate of drug-likeness (QED) is 0.706. The third-order valence-electron chi connectivity index (χ3n) is 2.41. The molecule has 0 atom stereocenters. The molecule has 17 heavy (non-hydrogen) atoms. The zero-order valence-corrected chi connectivity index (χ0v) is 10.8. The van der Waals surface area contributed by atoms with Gasteiger partial charge in [-0.25, -0.2) is 0 Å². The van der Waals surface area contributed by atoms with Crippen LogP contribution in [0.4, 0.5) is 5.82 Å². The molecule has 0 saturated carbocycles. The highest BCUT2D eigenvalue weighted by Gasteiger charge is 2.13. The smallest absolute Gasteiger partial charge is 0.225 e. The third kappa shape index (κ3) is 5.49. The van der Waals surface area contributed by atoms with Crippen LogP contribution in [0.3, 0.4) is 0 Å². The number of amides is 1. The van der Waals surface area contributed by atoms with Gasteiger partial charge in [0, 0.05) is 23.7 Å². The number of carbonyl (C=O) groups excluding carboxylic acids is 1. The van der Waals surface area contributed by atoms with Crippen molar-refractivity contribution >= 4 is 11.7 Å². The van der Waals surface area contributed by atoms with Gasteiger partial charge in [-0.1, -0.05) is 13.3 Å². The summed E-state index contributed by atoms with van der Waals surface area (Å²) in [5, 5.41) is 9.68. The van der Waals surface area contributed by atoms with Crippen LogP contribution in [-0.2, 0) is 11.2 Å².